The van der Waals surface area contributed by atoms with E-state index >= 15 is 0 Å². The molecular weight excluding hydrogens is 258 g/mol. The summed E-state index contributed by atoms with van der Waals surface area (Å²) in [6, 6.07) is 9.13. The zero-order chi connectivity index (χ0) is 14.8. The summed E-state index contributed by atoms with van der Waals surface area (Å²) in [4.78, 5) is 5.23. The lowest BCUT2D eigenvalue weighted by Crippen LogP contribution is -2.52. The normalized spacial score (nSPS) is 31.3. The average molecular weight is 287 g/mol. The molecule has 2 atom stereocenters. The molecule has 1 aliphatic heterocycles. The lowest BCUT2D eigenvalue weighted by atomic mass is 9.79. The van der Waals surface area contributed by atoms with Crippen molar-refractivity contribution in [1.29, 1.82) is 0 Å². The summed E-state index contributed by atoms with van der Waals surface area (Å²) in [5.74, 6) is 1.79. The fraction of sp³-hybridized carbons (Fsp3) is 0.667. The highest BCUT2D eigenvalue weighted by molar-refractivity contribution is 5.53. The van der Waals surface area contributed by atoms with Crippen LogP contribution in [0.2, 0.25) is 0 Å². The highest BCUT2D eigenvalue weighted by Gasteiger charge is 2.30. The van der Waals surface area contributed by atoms with Crippen LogP contribution in [0.15, 0.2) is 24.3 Å². The molecule has 0 bridgehead atoms. The van der Waals surface area contributed by atoms with Crippen molar-refractivity contribution >= 4 is 11.4 Å². The Balaban J connectivity index is 1.56. The van der Waals surface area contributed by atoms with Crippen LogP contribution in [0, 0.1) is 11.8 Å². The van der Waals surface area contributed by atoms with Gasteiger partial charge in [0.25, 0.3) is 0 Å². The molecule has 21 heavy (non-hydrogen) atoms. The molecule has 1 aliphatic carbocycles. The van der Waals surface area contributed by atoms with E-state index in [1.54, 1.807) is 0 Å². The molecular formula is C18H29N3. The van der Waals surface area contributed by atoms with Gasteiger partial charge in [0.2, 0.25) is 0 Å². The molecule has 3 heteroatoms. The smallest absolute Gasteiger partial charge is 0.0368 e. The fourth-order valence-corrected chi connectivity index (χ4v) is 4.23. The Bertz CT molecular complexity index is 438. The number of nitrogen functional groups attached to an aromatic ring is 1. The standard InChI is InChI=1S/C18H29N3/c1-14-11-15(2)13-18(12-14)21-9-7-20(8-10-21)17-5-3-16(19)4-6-17/h3-6,14-15,18H,7-13,19H2,1-2H3. The van der Waals surface area contributed by atoms with Crippen LogP contribution in [0.4, 0.5) is 11.4 Å². The molecule has 1 saturated heterocycles. The molecule has 1 saturated carbocycles. The van der Waals surface area contributed by atoms with Gasteiger partial charge in [-0.25, -0.2) is 0 Å². The van der Waals surface area contributed by atoms with E-state index < -0.39 is 0 Å². The maximum atomic E-state index is 5.78. The molecule has 1 heterocycles. The second-order valence-electron chi connectivity index (χ2n) is 7.19. The summed E-state index contributed by atoms with van der Waals surface area (Å²) in [7, 11) is 0. The van der Waals surface area contributed by atoms with E-state index in [4.69, 9.17) is 5.73 Å². The van der Waals surface area contributed by atoms with Crippen molar-refractivity contribution in [3.05, 3.63) is 24.3 Å². The van der Waals surface area contributed by atoms with Gasteiger partial charge in [0.05, 0.1) is 0 Å². The third kappa shape index (κ3) is 3.52. The third-order valence-electron chi connectivity index (χ3n) is 5.24. The predicted octanol–water partition coefficient (Wildman–Crippen LogP) is 3.22. The maximum absolute atomic E-state index is 5.78. The summed E-state index contributed by atoms with van der Waals surface area (Å²) in [6.07, 6.45) is 4.21. The summed E-state index contributed by atoms with van der Waals surface area (Å²) in [5.41, 5.74) is 7.94. The monoisotopic (exact) mass is 287 g/mol. The highest BCUT2D eigenvalue weighted by atomic mass is 15.3. The minimum atomic E-state index is 0.817. The minimum absolute atomic E-state index is 0.817. The molecule has 2 unspecified atom stereocenters. The Kier molecular flexibility index (Phi) is 4.39. The summed E-state index contributed by atoms with van der Waals surface area (Å²) < 4.78 is 0. The number of hydrogen-bond donors (Lipinski definition) is 1. The van der Waals surface area contributed by atoms with E-state index in [2.05, 4.69) is 35.8 Å². The number of hydrogen-bond acceptors (Lipinski definition) is 3. The largest absolute Gasteiger partial charge is 0.399 e. The van der Waals surface area contributed by atoms with Crippen LogP contribution in [0.5, 0.6) is 0 Å². The first-order valence-electron chi connectivity index (χ1n) is 8.46. The van der Waals surface area contributed by atoms with Crippen LogP contribution in [0.3, 0.4) is 0 Å². The minimum Gasteiger partial charge on any atom is -0.399 e. The summed E-state index contributed by atoms with van der Waals surface area (Å²) in [5, 5.41) is 0. The van der Waals surface area contributed by atoms with Crippen molar-refractivity contribution in [2.45, 2.75) is 39.2 Å². The van der Waals surface area contributed by atoms with Gasteiger partial charge >= 0.3 is 0 Å². The Labute approximate surface area is 129 Å². The summed E-state index contributed by atoms with van der Waals surface area (Å²) >= 11 is 0. The second kappa shape index (κ2) is 6.27. The Morgan fingerprint density at radius 3 is 2.00 bits per heavy atom. The van der Waals surface area contributed by atoms with Gasteiger partial charge in [-0.3, -0.25) is 4.90 Å². The van der Waals surface area contributed by atoms with Crippen LogP contribution < -0.4 is 10.6 Å². The molecule has 1 aromatic rings. The number of rotatable bonds is 2. The van der Waals surface area contributed by atoms with Gasteiger partial charge in [0, 0.05) is 43.6 Å². The lowest BCUT2D eigenvalue weighted by molar-refractivity contribution is 0.104. The zero-order valence-electron chi connectivity index (χ0n) is 13.5. The van der Waals surface area contributed by atoms with Crippen molar-refractivity contribution in [2.75, 3.05) is 36.8 Å². The predicted molar refractivity (Wildman–Crippen MR) is 90.6 cm³/mol. The fourth-order valence-electron chi connectivity index (χ4n) is 4.23. The van der Waals surface area contributed by atoms with Gasteiger partial charge in [-0.15, -0.1) is 0 Å². The zero-order valence-corrected chi connectivity index (χ0v) is 13.5. The first-order chi connectivity index (χ1) is 10.1. The third-order valence-corrected chi connectivity index (χ3v) is 5.24. The molecule has 2 N–H and O–H groups in total. The maximum Gasteiger partial charge on any atom is 0.0368 e. The van der Waals surface area contributed by atoms with Gasteiger partial charge in [-0.1, -0.05) is 13.8 Å². The van der Waals surface area contributed by atoms with Crippen LogP contribution in [-0.2, 0) is 0 Å². The first kappa shape index (κ1) is 14.7. The number of anilines is 2. The van der Waals surface area contributed by atoms with Crippen molar-refractivity contribution in [3.63, 3.8) is 0 Å². The van der Waals surface area contributed by atoms with Crippen molar-refractivity contribution in [2.24, 2.45) is 11.8 Å². The van der Waals surface area contributed by atoms with Gasteiger partial charge in [0.15, 0.2) is 0 Å². The molecule has 0 radical (unpaired) electrons. The van der Waals surface area contributed by atoms with Gasteiger partial charge in [0.1, 0.15) is 0 Å². The molecule has 0 amide bonds. The Morgan fingerprint density at radius 1 is 0.857 bits per heavy atom. The van der Waals surface area contributed by atoms with Crippen molar-refractivity contribution in [3.8, 4) is 0 Å². The summed E-state index contributed by atoms with van der Waals surface area (Å²) in [6.45, 7) is 9.54. The lowest BCUT2D eigenvalue weighted by Gasteiger charge is -2.44. The van der Waals surface area contributed by atoms with Gasteiger partial charge in [-0.05, 0) is 55.4 Å². The topological polar surface area (TPSA) is 32.5 Å². The van der Waals surface area contributed by atoms with E-state index in [0.717, 1.165) is 36.7 Å². The van der Waals surface area contributed by atoms with Crippen LogP contribution in [-0.4, -0.2) is 37.1 Å². The van der Waals surface area contributed by atoms with E-state index in [9.17, 15) is 0 Å². The van der Waals surface area contributed by atoms with Crippen molar-refractivity contribution in [1.82, 2.24) is 4.90 Å². The molecule has 1 aromatic carbocycles. The van der Waals surface area contributed by atoms with Crippen molar-refractivity contribution < 1.29 is 0 Å². The Hall–Kier alpha value is -1.22. The van der Waals surface area contributed by atoms with Gasteiger partial charge < -0.3 is 10.6 Å². The number of piperazine rings is 1. The molecule has 0 spiro atoms. The molecule has 2 fully saturated rings. The Morgan fingerprint density at radius 2 is 1.43 bits per heavy atom. The number of nitrogens with zero attached hydrogens (tertiary/aromatic N) is 2. The molecule has 3 rings (SSSR count). The van der Waals surface area contributed by atoms with E-state index in [1.807, 2.05) is 12.1 Å². The number of benzene rings is 1. The highest BCUT2D eigenvalue weighted by Crippen LogP contribution is 2.32. The molecule has 2 aliphatic rings. The number of nitrogens with two attached hydrogens (primary N) is 1. The van der Waals surface area contributed by atoms with Crippen LogP contribution in [0.1, 0.15) is 33.1 Å². The van der Waals surface area contributed by atoms with E-state index in [0.29, 0.717) is 0 Å². The van der Waals surface area contributed by atoms with E-state index in [-0.39, 0.29) is 0 Å². The SMILES string of the molecule is CC1CC(C)CC(N2CCN(c3ccc(N)cc3)CC2)C1. The quantitative estimate of drug-likeness (QED) is 0.848. The molecule has 0 aromatic heterocycles. The van der Waals surface area contributed by atoms with E-state index in [1.165, 1.54) is 38.0 Å². The van der Waals surface area contributed by atoms with Crippen LogP contribution >= 0.6 is 0 Å². The second-order valence-corrected chi connectivity index (χ2v) is 7.19. The first-order valence-corrected chi connectivity index (χ1v) is 8.46. The van der Waals surface area contributed by atoms with Gasteiger partial charge in [-0.2, -0.15) is 0 Å². The molecule has 116 valence electrons. The van der Waals surface area contributed by atoms with Crippen LogP contribution in [0.25, 0.3) is 0 Å². The molecule has 3 nitrogen and oxygen atoms in total. The average Bonchev–Trinajstić information content (AvgIpc) is 2.47.